The highest BCUT2D eigenvalue weighted by Gasteiger charge is 2.20. The fourth-order valence-corrected chi connectivity index (χ4v) is 2.77. The Labute approximate surface area is 142 Å². The molecule has 3 aromatic rings. The normalized spacial score (nSPS) is 11.3. The second-order valence-electron chi connectivity index (χ2n) is 5.92. The van der Waals surface area contributed by atoms with Crippen LogP contribution >= 0.6 is 11.6 Å². The van der Waals surface area contributed by atoms with Crippen LogP contribution in [0.25, 0.3) is 5.65 Å². The van der Waals surface area contributed by atoms with E-state index in [0.717, 1.165) is 11.3 Å². The molecule has 0 fully saturated rings. The monoisotopic (exact) mass is 345 g/mol. The van der Waals surface area contributed by atoms with Crippen LogP contribution in [0, 0.1) is 0 Å². The molecular formula is C17H16ClN3O3. The van der Waals surface area contributed by atoms with Crippen LogP contribution in [-0.2, 0) is 6.42 Å². The van der Waals surface area contributed by atoms with Gasteiger partial charge in [-0.05, 0) is 23.6 Å². The Kier molecular flexibility index (Phi) is 4.15. The second kappa shape index (κ2) is 6.13. The zero-order chi connectivity index (χ0) is 17.4. The number of benzene rings is 1. The zero-order valence-electron chi connectivity index (χ0n) is 13.2. The summed E-state index contributed by atoms with van der Waals surface area (Å²) >= 11 is 5.96. The summed E-state index contributed by atoms with van der Waals surface area (Å²) in [6.07, 6.45) is 0.146. The number of carboxylic acid groups (broad SMARTS) is 1. The lowest BCUT2D eigenvalue weighted by atomic mass is 10.0. The first-order chi connectivity index (χ1) is 11.4. The molecule has 0 spiro atoms. The van der Waals surface area contributed by atoms with Gasteiger partial charge >= 0.3 is 5.97 Å². The Morgan fingerprint density at radius 1 is 1.38 bits per heavy atom. The smallest absolute Gasteiger partial charge is 0.355 e. The first-order valence-electron chi connectivity index (χ1n) is 7.49. The molecule has 3 rings (SSSR count). The highest BCUT2D eigenvalue weighted by atomic mass is 35.5. The third-order valence-corrected chi connectivity index (χ3v) is 4.06. The number of nitrogens with one attached hydrogen (secondary N) is 1. The van der Waals surface area contributed by atoms with E-state index < -0.39 is 11.5 Å². The number of aromatic carboxylic acids is 1. The predicted octanol–water partition coefficient (Wildman–Crippen LogP) is 3.09. The molecule has 0 bridgehead atoms. The van der Waals surface area contributed by atoms with Crippen molar-refractivity contribution in [2.75, 3.05) is 0 Å². The number of aromatic amines is 1. The number of aromatic nitrogens is 3. The number of nitrogens with zero attached hydrogens (tertiary/aromatic N) is 2. The minimum absolute atomic E-state index is 0.124. The lowest BCUT2D eigenvalue weighted by Gasteiger charge is -2.06. The van der Waals surface area contributed by atoms with Crippen molar-refractivity contribution in [1.29, 1.82) is 0 Å². The van der Waals surface area contributed by atoms with Crippen molar-refractivity contribution in [2.45, 2.75) is 26.2 Å². The maximum Gasteiger partial charge on any atom is 0.355 e. The van der Waals surface area contributed by atoms with Crippen molar-refractivity contribution in [3.8, 4) is 0 Å². The van der Waals surface area contributed by atoms with Crippen molar-refractivity contribution in [3.63, 3.8) is 0 Å². The molecule has 2 heterocycles. The number of rotatable bonds is 4. The number of carbonyl (C=O) groups is 1. The summed E-state index contributed by atoms with van der Waals surface area (Å²) in [5.74, 6) is -1.06. The Bertz CT molecular complexity index is 988. The molecule has 0 saturated heterocycles. The van der Waals surface area contributed by atoms with Gasteiger partial charge in [0.15, 0.2) is 11.3 Å². The fourth-order valence-electron chi connectivity index (χ4n) is 2.56. The number of carboxylic acids is 1. The van der Waals surface area contributed by atoms with Gasteiger partial charge in [-0.15, -0.1) is 0 Å². The molecule has 2 N–H and O–H groups in total. The van der Waals surface area contributed by atoms with Gasteiger partial charge in [0.1, 0.15) is 0 Å². The molecule has 6 nitrogen and oxygen atoms in total. The van der Waals surface area contributed by atoms with Gasteiger partial charge < -0.3 is 5.11 Å². The predicted molar refractivity (Wildman–Crippen MR) is 91.1 cm³/mol. The number of H-pyrrole nitrogens is 1. The molecule has 0 radical (unpaired) electrons. The summed E-state index contributed by atoms with van der Waals surface area (Å²) in [7, 11) is 0. The maximum atomic E-state index is 12.8. The highest BCUT2D eigenvalue weighted by Crippen LogP contribution is 2.17. The van der Waals surface area contributed by atoms with Crippen LogP contribution in [0.2, 0.25) is 5.02 Å². The standard InChI is InChI=1S/C17H16ClN3O3/c1-9(2)13-8-14-19-15(17(23)24)12(16(22)21(14)20-13)7-10-4-3-5-11(18)6-10/h3-6,8-9,20H,7H2,1-2H3,(H,23,24). The second-order valence-corrected chi connectivity index (χ2v) is 6.35. The van der Waals surface area contributed by atoms with E-state index in [2.05, 4.69) is 10.1 Å². The van der Waals surface area contributed by atoms with Crippen LogP contribution < -0.4 is 5.56 Å². The molecule has 2 aromatic heterocycles. The van der Waals surface area contributed by atoms with Crippen molar-refractivity contribution in [3.05, 3.63) is 68.2 Å². The maximum absolute atomic E-state index is 12.8. The summed E-state index contributed by atoms with van der Waals surface area (Å²) in [6.45, 7) is 3.95. The lowest BCUT2D eigenvalue weighted by Crippen LogP contribution is -2.25. The zero-order valence-corrected chi connectivity index (χ0v) is 14.0. The summed E-state index contributed by atoms with van der Waals surface area (Å²) in [4.78, 5) is 28.5. The average molecular weight is 346 g/mol. The number of hydrogen-bond acceptors (Lipinski definition) is 3. The van der Waals surface area contributed by atoms with E-state index in [4.69, 9.17) is 11.6 Å². The Morgan fingerprint density at radius 3 is 2.75 bits per heavy atom. The number of hydrogen-bond donors (Lipinski definition) is 2. The first-order valence-corrected chi connectivity index (χ1v) is 7.87. The van der Waals surface area contributed by atoms with E-state index in [1.54, 1.807) is 30.3 Å². The summed E-state index contributed by atoms with van der Waals surface area (Å²) in [5.41, 5.74) is 1.35. The lowest BCUT2D eigenvalue weighted by molar-refractivity contribution is 0.0689. The molecule has 1 aromatic carbocycles. The molecule has 0 atom stereocenters. The molecule has 7 heteroatoms. The molecule has 0 aliphatic rings. The third-order valence-electron chi connectivity index (χ3n) is 3.82. The number of halogens is 1. The summed E-state index contributed by atoms with van der Waals surface area (Å²) in [6, 6.07) is 8.67. The molecule has 0 amide bonds. The minimum Gasteiger partial charge on any atom is -0.476 e. The van der Waals surface area contributed by atoms with Crippen LogP contribution in [0.5, 0.6) is 0 Å². The average Bonchev–Trinajstić information content (AvgIpc) is 2.94. The molecule has 0 aliphatic heterocycles. The molecule has 24 heavy (non-hydrogen) atoms. The van der Waals surface area contributed by atoms with Crippen LogP contribution in [0.4, 0.5) is 0 Å². The fraction of sp³-hybridized carbons (Fsp3) is 0.235. The summed E-state index contributed by atoms with van der Waals surface area (Å²) < 4.78 is 1.29. The van der Waals surface area contributed by atoms with Gasteiger partial charge in [-0.1, -0.05) is 37.6 Å². The molecule has 0 saturated carbocycles. The van der Waals surface area contributed by atoms with Crippen LogP contribution in [0.3, 0.4) is 0 Å². The topological polar surface area (TPSA) is 87.5 Å². The minimum atomic E-state index is -1.22. The van der Waals surface area contributed by atoms with Crippen molar-refractivity contribution < 1.29 is 9.90 Å². The first kappa shape index (κ1) is 16.3. The van der Waals surface area contributed by atoms with Gasteiger partial charge in [-0.25, -0.2) is 14.3 Å². The van der Waals surface area contributed by atoms with Crippen LogP contribution in [0.15, 0.2) is 35.1 Å². The van der Waals surface area contributed by atoms with Gasteiger partial charge in [0.05, 0.1) is 5.56 Å². The van der Waals surface area contributed by atoms with E-state index >= 15 is 0 Å². The van der Waals surface area contributed by atoms with Crippen molar-refractivity contribution >= 4 is 23.2 Å². The van der Waals surface area contributed by atoms with Gasteiger partial charge in [-0.2, -0.15) is 0 Å². The van der Waals surface area contributed by atoms with E-state index in [1.165, 1.54) is 4.52 Å². The van der Waals surface area contributed by atoms with Crippen LogP contribution in [-0.4, -0.2) is 25.7 Å². The molecule has 0 unspecified atom stereocenters. The van der Waals surface area contributed by atoms with E-state index in [1.807, 2.05) is 13.8 Å². The van der Waals surface area contributed by atoms with Gasteiger partial charge in [0.2, 0.25) is 0 Å². The van der Waals surface area contributed by atoms with Gasteiger partial charge in [-0.3, -0.25) is 9.89 Å². The quantitative estimate of drug-likeness (QED) is 0.760. The third kappa shape index (κ3) is 2.92. The van der Waals surface area contributed by atoms with E-state index in [0.29, 0.717) is 10.7 Å². The highest BCUT2D eigenvalue weighted by molar-refractivity contribution is 6.30. The van der Waals surface area contributed by atoms with Gasteiger partial charge in [0, 0.05) is 23.2 Å². The molecule has 124 valence electrons. The Morgan fingerprint density at radius 2 is 2.12 bits per heavy atom. The SMILES string of the molecule is CC(C)c1cc2nc(C(=O)O)c(Cc3cccc(Cl)c3)c(=O)n2[nH]1. The van der Waals surface area contributed by atoms with Crippen LogP contribution in [0.1, 0.15) is 47.1 Å². The Hall–Kier alpha value is -2.60. The van der Waals surface area contributed by atoms with Gasteiger partial charge in [0.25, 0.3) is 5.56 Å². The van der Waals surface area contributed by atoms with Crippen molar-refractivity contribution in [2.24, 2.45) is 0 Å². The molecule has 0 aliphatic carbocycles. The summed E-state index contributed by atoms with van der Waals surface area (Å²) in [5, 5.41) is 13.0. The van der Waals surface area contributed by atoms with E-state index in [9.17, 15) is 14.7 Å². The largest absolute Gasteiger partial charge is 0.476 e. The Balaban J connectivity index is 2.21. The van der Waals surface area contributed by atoms with E-state index in [-0.39, 0.29) is 23.6 Å². The number of fused-ring (bicyclic) bond motifs is 1. The van der Waals surface area contributed by atoms with Crippen molar-refractivity contribution in [1.82, 2.24) is 14.6 Å². The molecular weight excluding hydrogens is 330 g/mol.